The molecule has 104 valence electrons. The number of ether oxygens (including phenoxy) is 1. The maximum atomic E-state index is 5.26. The zero-order chi connectivity index (χ0) is 14.4. The highest BCUT2D eigenvalue weighted by atomic mass is 16.5. The average molecular weight is 277 g/mol. The molecule has 0 radical (unpaired) electrons. The van der Waals surface area contributed by atoms with Crippen LogP contribution in [0, 0.1) is 6.92 Å². The highest BCUT2D eigenvalue weighted by molar-refractivity contribution is 5.97. The molecule has 0 bridgehead atoms. The maximum absolute atomic E-state index is 5.26. The molecule has 0 saturated carbocycles. The number of fused-ring (bicyclic) bond motifs is 2. The summed E-state index contributed by atoms with van der Waals surface area (Å²) in [7, 11) is 1.67. The predicted molar refractivity (Wildman–Crippen MR) is 84.7 cm³/mol. The van der Waals surface area contributed by atoms with Crippen LogP contribution in [0.1, 0.15) is 5.69 Å². The van der Waals surface area contributed by atoms with Crippen LogP contribution in [0.4, 0.5) is 0 Å². The van der Waals surface area contributed by atoms with Gasteiger partial charge in [0, 0.05) is 28.2 Å². The van der Waals surface area contributed by atoms with Crippen LogP contribution >= 0.6 is 0 Å². The number of benzene rings is 2. The molecule has 4 aromatic rings. The number of methoxy groups -OCH3 is 1. The number of aryl methyl sites for hydroxylation is 1. The molecule has 2 aromatic heterocycles. The van der Waals surface area contributed by atoms with E-state index in [0.29, 0.717) is 0 Å². The Hall–Kier alpha value is -2.75. The van der Waals surface area contributed by atoms with Gasteiger partial charge in [0.25, 0.3) is 0 Å². The number of aromatic amines is 2. The number of nitrogens with one attached hydrogen (secondary N) is 2. The van der Waals surface area contributed by atoms with Crippen LogP contribution in [0.2, 0.25) is 0 Å². The molecule has 0 aliphatic rings. The summed E-state index contributed by atoms with van der Waals surface area (Å²) in [5.74, 6) is 1.71. The van der Waals surface area contributed by atoms with Gasteiger partial charge < -0.3 is 14.7 Å². The SMILES string of the molecule is COc1ccc2nc(-c3c(C)[nH]c4ccccc34)[nH]c2c1. The van der Waals surface area contributed by atoms with Crippen molar-refractivity contribution in [3.63, 3.8) is 0 Å². The second kappa shape index (κ2) is 4.38. The summed E-state index contributed by atoms with van der Waals surface area (Å²) < 4.78 is 5.26. The van der Waals surface area contributed by atoms with Crippen LogP contribution in [0.3, 0.4) is 0 Å². The van der Waals surface area contributed by atoms with Crippen molar-refractivity contribution < 1.29 is 4.74 Å². The van der Waals surface area contributed by atoms with E-state index in [1.54, 1.807) is 7.11 Å². The quantitative estimate of drug-likeness (QED) is 0.581. The Balaban J connectivity index is 1.98. The van der Waals surface area contributed by atoms with E-state index >= 15 is 0 Å². The van der Waals surface area contributed by atoms with Crippen LogP contribution < -0.4 is 4.74 Å². The fourth-order valence-electron chi connectivity index (χ4n) is 2.82. The lowest BCUT2D eigenvalue weighted by molar-refractivity contribution is 0.415. The van der Waals surface area contributed by atoms with Crippen molar-refractivity contribution in [3.8, 4) is 17.1 Å². The van der Waals surface area contributed by atoms with Crippen molar-refractivity contribution in [1.29, 1.82) is 0 Å². The number of hydrogen-bond donors (Lipinski definition) is 2. The van der Waals surface area contributed by atoms with Gasteiger partial charge in [0.1, 0.15) is 11.6 Å². The molecule has 2 heterocycles. The highest BCUT2D eigenvalue weighted by Gasteiger charge is 2.14. The van der Waals surface area contributed by atoms with Crippen molar-refractivity contribution in [2.45, 2.75) is 6.92 Å². The normalized spacial score (nSPS) is 11.3. The Bertz CT molecular complexity index is 949. The second-order valence-electron chi connectivity index (χ2n) is 5.14. The molecule has 0 amide bonds. The minimum absolute atomic E-state index is 0.827. The predicted octanol–water partition coefficient (Wildman–Crippen LogP) is 4.03. The molecule has 2 aromatic carbocycles. The van der Waals surface area contributed by atoms with Gasteiger partial charge in [-0.05, 0) is 25.1 Å². The van der Waals surface area contributed by atoms with Gasteiger partial charge in [0.15, 0.2) is 0 Å². The van der Waals surface area contributed by atoms with Crippen LogP contribution in [-0.4, -0.2) is 22.1 Å². The van der Waals surface area contributed by atoms with Gasteiger partial charge in [0.05, 0.1) is 18.1 Å². The maximum Gasteiger partial charge on any atom is 0.140 e. The van der Waals surface area contributed by atoms with Crippen LogP contribution in [0.15, 0.2) is 42.5 Å². The second-order valence-corrected chi connectivity index (χ2v) is 5.14. The summed E-state index contributed by atoms with van der Waals surface area (Å²) in [5.41, 5.74) is 5.29. The van der Waals surface area contributed by atoms with Crippen molar-refractivity contribution in [1.82, 2.24) is 15.0 Å². The number of imidazole rings is 1. The first kappa shape index (κ1) is 12.0. The van der Waals surface area contributed by atoms with Gasteiger partial charge in [-0.2, -0.15) is 0 Å². The first-order valence-corrected chi connectivity index (χ1v) is 6.87. The molecular weight excluding hydrogens is 262 g/mol. The summed E-state index contributed by atoms with van der Waals surface area (Å²) in [6.07, 6.45) is 0. The summed E-state index contributed by atoms with van der Waals surface area (Å²) in [6, 6.07) is 14.1. The smallest absolute Gasteiger partial charge is 0.140 e. The Morgan fingerprint density at radius 2 is 1.86 bits per heavy atom. The lowest BCUT2D eigenvalue weighted by Crippen LogP contribution is -1.82. The van der Waals surface area contributed by atoms with Gasteiger partial charge in [-0.25, -0.2) is 4.98 Å². The number of H-pyrrole nitrogens is 2. The first-order chi connectivity index (χ1) is 10.3. The number of nitrogens with zero attached hydrogens (tertiary/aromatic N) is 1. The fourth-order valence-corrected chi connectivity index (χ4v) is 2.82. The van der Waals surface area contributed by atoms with Gasteiger partial charge in [-0.1, -0.05) is 18.2 Å². The number of hydrogen-bond acceptors (Lipinski definition) is 2. The average Bonchev–Trinajstić information content (AvgIpc) is 3.05. The standard InChI is InChI=1S/C17H15N3O/c1-10-16(12-5-3-4-6-13(12)18-10)17-19-14-8-7-11(21-2)9-15(14)20-17/h3-9,18H,1-2H3,(H,19,20). The topological polar surface area (TPSA) is 53.7 Å². The molecule has 0 unspecified atom stereocenters. The molecule has 0 atom stereocenters. The zero-order valence-electron chi connectivity index (χ0n) is 11.9. The third-order valence-corrected chi connectivity index (χ3v) is 3.82. The lowest BCUT2D eigenvalue weighted by atomic mass is 10.1. The third-order valence-electron chi connectivity index (χ3n) is 3.82. The molecular formula is C17H15N3O. The van der Waals surface area contributed by atoms with Gasteiger partial charge >= 0.3 is 0 Å². The summed E-state index contributed by atoms with van der Waals surface area (Å²) in [6.45, 7) is 2.07. The molecule has 0 aliphatic carbocycles. The van der Waals surface area contributed by atoms with Crippen LogP contribution in [0.5, 0.6) is 5.75 Å². The Kier molecular flexibility index (Phi) is 2.51. The molecule has 0 aliphatic heterocycles. The Morgan fingerprint density at radius 1 is 1.00 bits per heavy atom. The van der Waals surface area contributed by atoms with E-state index in [1.165, 1.54) is 5.39 Å². The third kappa shape index (κ3) is 1.80. The fraction of sp³-hybridized carbons (Fsp3) is 0.118. The minimum Gasteiger partial charge on any atom is -0.497 e. The van der Waals surface area contributed by atoms with E-state index in [2.05, 4.69) is 29.0 Å². The van der Waals surface area contributed by atoms with Crippen molar-refractivity contribution in [2.75, 3.05) is 7.11 Å². The van der Waals surface area contributed by atoms with E-state index in [9.17, 15) is 0 Å². The molecule has 0 spiro atoms. The number of rotatable bonds is 2. The lowest BCUT2D eigenvalue weighted by Gasteiger charge is -1.97. The molecule has 4 nitrogen and oxygen atoms in total. The van der Waals surface area contributed by atoms with E-state index in [1.807, 2.05) is 30.3 Å². The molecule has 4 rings (SSSR count). The van der Waals surface area contributed by atoms with Gasteiger partial charge in [0.2, 0.25) is 0 Å². The van der Waals surface area contributed by atoms with Crippen molar-refractivity contribution in [2.24, 2.45) is 0 Å². The van der Waals surface area contributed by atoms with Gasteiger partial charge in [-0.15, -0.1) is 0 Å². The Morgan fingerprint density at radius 3 is 2.71 bits per heavy atom. The number of aromatic nitrogens is 3. The molecule has 0 saturated heterocycles. The molecule has 21 heavy (non-hydrogen) atoms. The van der Waals surface area contributed by atoms with Crippen LogP contribution in [-0.2, 0) is 0 Å². The Labute approximate surface area is 121 Å². The number of para-hydroxylation sites is 1. The van der Waals surface area contributed by atoms with E-state index in [0.717, 1.165) is 39.4 Å². The van der Waals surface area contributed by atoms with Crippen molar-refractivity contribution >= 4 is 21.9 Å². The molecule has 4 heteroatoms. The summed E-state index contributed by atoms with van der Waals surface area (Å²) in [5, 5.41) is 1.18. The van der Waals surface area contributed by atoms with E-state index < -0.39 is 0 Å². The van der Waals surface area contributed by atoms with Crippen LogP contribution in [0.25, 0.3) is 33.3 Å². The monoisotopic (exact) mass is 277 g/mol. The van der Waals surface area contributed by atoms with Crippen molar-refractivity contribution in [3.05, 3.63) is 48.2 Å². The highest BCUT2D eigenvalue weighted by Crippen LogP contribution is 2.32. The van der Waals surface area contributed by atoms with E-state index in [-0.39, 0.29) is 0 Å². The molecule has 2 N–H and O–H groups in total. The van der Waals surface area contributed by atoms with E-state index in [4.69, 9.17) is 9.72 Å². The summed E-state index contributed by atoms with van der Waals surface area (Å²) in [4.78, 5) is 11.5. The molecule has 0 fully saturated rings. The summed E-state index contributed by atoms with van der Waals surface area (Å²) >= 11 is 0. The largest absolute Gasteiger partial charge is 0.497 e. The first-order valence-electron chi connectivity index (χ1n) is 6.87. The minimum atomic E-state index is 0.827. The zero-order valence-corrected chi connectivity index (χ0v) is 11.9. The van der Waals surface area contributed by atoms with Gasteiger partial charge in [-0.3, -0.25) is 0 Å².